The van der Waals surface area contributed by atoms with Gasteiger partial charge in [0.2, 0.25) is 9.84 Å². The van der Waals surface area contributed by atoms with Gasteiger partial charge in [-0.15, -0.1) is 34.0 Å². The average molecular weight is 531 g/mol. The maximum atomic E-state index is 13.1. The van der Waals surface area contributed by atoms with Gasteiger partial charge < -0.3 is 0 Å². The van der Waals surface area contributed by atoms with Crippen LogP contribution >= 0.6 is 34.0 Å². The molecule has 1 aliphatic heterocycles. The van der Waals surface area contributed by atoms with E-state index < -0.39 is 9.84 Å². The van der Waals surface area contributed by atoms with Crippen molar-refractivity contribution in [2.75, 3.05) is 0 Å². The third-order valence-electron chi connectivity index (χ3n) is 6.21. The van der Waals surface area contributed by atoms with E-state index in [1.807, 2.05) is 23.5 Å². The first-order valence-corrected chi connectivity index (χ1v) is 16.4. The molecule has 3 aromatic rings. The minimum Gasteiger partial charge on any atom is -0.219 e. The molecule has 0 amide bonds. The third kappa shape index (κ3) is 6.01. The van der Waals surface area contributed by atoms with Crippen molar-refractivity contribution in [3.05, 3.63) is 63.2 Å². The number of thiophene rings is 3. The van der Waals surface area contributed by atoms with Gasteiger partial charge in [0.15, 0.2) is 0 Å². The lowest BCUT2D eigenvalue weighted by Crippen LogP contribution is -2.02. The Morgan fingerprint density at radius 1 is 0.588 bits per heavy atom. The predicted molar refractivity (Wildman–Crippen MR) is 153 cm³/mol. The summed E-state index contributed by atoms with van der Waals surface area (Å²) in [5.74, 6) is 0. The summed E-state index contributed by atoms with van der Waals surface area (Å²) in [7, 11) is -3.35. The van der Waals surface area contributed by atoms with Gasteiger partial charge in [-0.2, -0.15) is 0 Å². The fourth-order valence-corrected chi connectivity index (χ4v) is 9.36. The van der Waals surface area contributed by atoms with Crippen molar-refractivity contribution < 1.29 is 8.42 Å². The third-order valence-corrected chi connectivity index (χ3v) is 12.0. The minimum atomic E-state index is -3.35. The Morgan fingerprint density at radius 3 is 1.76 bits per heavy atom. The molecule has 0 unspecified atom stereocenters. The van der Waals surface area contributed by atoms with Crippen molar-refractivity contribution in [1.82, 2.24) is 0 Å². The quantitative estimate of drug-likeness (QED) is 0.206. The second-order valence-electron chi connectivity index (χ2n) is 8.88. The maximum Gasteiger partial charge on any atom is 0.204 e. The Bertz CT molecular complexity index is 1250. The molecule has 0 fully saturated rings. The van der Waals surface area contributed by atoms with Crippen LogP contribution in [0, 0.1) is 0 Å². The summed E-state index contributed by atoms with van der Waals surface area (Å²) in [5, 5.41) is 0. The van der Waals surface area contributed by atoms with Gasteiger partial charge in [0.1, 0.15) is 0 Å². The van der Waals surface area contributed by atoms with Crippen molar-refractivity contribution in [1.29, 1.82) is 0 Å². The van der Waals surface area contributed by atoms with Crippen molar-refractivity contribution in [2.24, 2.45) is 0 Å². The molecule has 3 aromatic heterocycles. The molecule has 0 saturated carbocycles. The Kier molecular flexibility index (Phi) is 9.03. The van der Waals surface area contributed by atoms with Crippen LogP contribution in [0.25, 0.3) is 24.4 Å². The van der Waals surface area contributed by atoms with Crippen LogP contribution in [0.2, 0.25) is 0 Å². The lowest BCUT2D eigenvalue weighted by atomic mass is 10.1. The lowest BCUT2D eigenvalue weighted by molar-refractivity contribution is 0.606. The SMILES string of the molecule is CCCCCCC1=CC=C(c2ccc(-c3ccc(-c4ccc(CCCCCC)s4)s3)s2)S1(=O)=O. The van der Waals surface area contributed by atoms with Gasteiger partial charge in [-0.05, 0) is 74.2 Å². The molecule has 34 heavy (non-hydrogen) atoms. The van der Waals surface area contributed by atoms with Crippen LogP contribution in [0.3, 0.4) is 0 Å². The topological polar surface area (TPSA) is 34.1 Å². The van der Waals surface area contributed by atoms with Crippen LogP contribution in [0.1, 0.15) is 81.4 Å². The molecule has 0 bridgehead atoms. The highest BCUT2D eigenvalue weighted by molar-refractivity contribution is 8.04. The van der Waals surface area contributed by atoms with Crippen molar-refractivity contribution in [3.63, 3.8) is 0 Å². The van der Waals surface area contributed by atoms with E-state index >= 15 is 0 Å². The lowest BCUT2D eigenvalue weighted by Gasteiger charge is -2.06. The summed E-state index contributed by atoms with van der Waals surface area (Å²) < 4.78 is 26.2. The summed E-state index contributed by atoms with van der Waals surface area (Å²) >= 11 is 5.28. The predicted octanol–water partition coefficient (Wildman–Crippen LogP) is 9.95. The normalized spacial score (nSPS) is 15.0. The first-order valence-electron chi connectivity index (χ1n) is 12.5. The van der Waals surface area contributed by atoms with Gasteiger partial charge in [-0.1, -0.05) is 52.4 Å². The molecule has 4 rings (SSSR count). The van der Waals surface area contributed by atoms with Crippen LogP contribution in [0.15, 0.2) is 53.5 Å². The zero-order chi connectivity index (χ0) is 24.0. The van der Waals surface area contributed by atoms with Gasteiger partial charge in [0.25, 0.3) is 0 Å². The molecule has 0 aliphatic carbocycles. The Labute approximate surface area is 217 Å². The molecule has 0 spiro atoms. The molecule has 2 nitrogen and oxygen atoms in total. The molecule has 182 valence electrons. The number of unbranched alkanes of at least 4 members (excludes halogenated alkanes) is 6. The first kappa shape index (κ1) is 25.6. The highest BCUT2D eigenvalue weighted by Gasteiger charge is 2.29. The maximum absolute atomic E-state index is 13.1. The monoisotopic (exact) mass is 530 g/mol. The summed E-state index contributed by atoms with van der Waals surface area (Å²) in [4.78, 5) is 8.32. The van der Waals surface area contributed by atoms with Crippen LogP contribution in [0.5, 0.6) is 0 Å². The van der Waals surface area contributed by atoms with E-state index in [0.29, 0.717) is 16.2 Å². The molecular formula is C28H34O2S4. The van der Waals surface area contributed by atoms with E-state index in [2.05, 4.69) is 44.2 Å². The number of hydrogen-bond donors (Lipinski definition) is 0. The molecule has 0 N–H and O–H groups in total. The van der Waals surface area contributed by atoms with E-state index in [1.54, 1.807) is 28.7 Å². The van der Waals surface area contributed by atoms with Gasteiger partial charge in [-0.25, -0.2) is 8.42 Å². The van der Waals surface area contributed by atoms with Crippen molar-refractivity contribution in [2.45, 2.75) is 78.1 Å². The number of allylic oxidation sites excluding steroid dienone is 3. The van der Waals surface area contributed by atoms with E-state index in [4.69, 9.17) is 0 Å². The molecule has 4 heterocycles. The zero-order valence-corrected chi connectivity index (χ0v) is 23.4. The standard InChI is InChI=1S/C28H34O2S4/c1-3-5-7-9-11-21-13-15-23(31-21)24-16-17-25(32-24)26-18-19-27(33-26)28-20-14-22(34(28,29)30)12-10-8-6-4-2/h13-20H,3-12H2,1-2H3. The summed E-state index contributed by atoms with van der Waals surface area (Å²) in [5.41, 5.74) is 0. The molecule has 0 atom stereocenters. The summed E-state index contributed by atoms with van der Waals surface area (Å²) in [6.45, 7) is 4.42. The van der Waals surface area contributed by atoms with E-state index in [9.17, 15) is 8.42 Å². The molecule has 0 radical (unpaired) electrons. The van der Waals surface area contributed by atoms with Gasteiger partial charge in [-0.3, -0.25) is 0 Å². The molecule has 0 aromatic carbocycles. The second kappa shape index (κ2) is 12.0. The Balaban J connectivity index is 1.41. The Morgan fingerprint density at radius 2 is 1.12 bits per heavy atom. The van der Waals surface area contributed by atoms with Crippen molar-refractivity contribution >= 4 is 48.8 Å². The number of sulfone groups is 1. The van der Waals surface area contributed by atoms with Gasteiger partial charge in [0.05, 0.1) is 4.91 Å². The smallest absolute Gasteiger partial charge is 0.204 e. The largest absolute Gasteiger partial charge is 0.219 e. The van der Waals surface area contributed by atoms with E-state index in [0.717, 1.165) is 35.4 Å². The number of hydrogen-bond acceptors (Lipinski definition) is 5. The second-order valence-corrected chi connectivity index (χ2v) is 14.2. The Hall–Kier alpha value is -1.47. The first-order chi connectivity index (χ1) is 16.5. The van der Waals surface area contributed by atoms with Crippen LogP contribution in [-0.4, -0.2) is 8.42 Å². The zero-order valence-electron chi connectivity index (χ0n) is 20.1. The van der Waals surface area contributed by atoms with E-state index in [-0.39, 0.29) is 0 Å². The fourth-order valence-electron chi connectivity index (χ4n) is 4.22. The fraction of sp³-hybridized carbons (Fsp3) is 0.429. The highest BCUT2D eigenvalue weighted by Crippen LogP contribution is 2.43. The van der Waals surface area contributed by atoms with Crippen LogP contribution in [-0.2, 0) is 16.3 Å². The van der Waals surface area contributed by atoms with Crippen LogP contribution < -0.4 is 0 Å². The number of rotatable bonds is 13. The highest BCUT2D eigenvalue weighted by atomic mass is 32.2. The molecule has 6 heteroatoms. The van der Waals surface area contributed by atoms with Crippen LogP contribution in [0.4, 0.5) is 0 Å². The molecule has 1 aliphatic rings. The van der Waals surface area contributed by atoms with Gasteiger partial charge >= 0.3 is 0 Å². The van der Waals surface area contributed by atoms with E-state index in [1.165, 1.54) is 51.6 Å². The molecule has 0 saturated heterocycles. The van der Waals surface area contributed by atoms with Gasteiger partial charge in [0, 0.05) is 34.2 Å². The minimum absolute atomic E-state index is 0.469. The average Bonchev–Trinajstić information content (AvgIpc) is 3.60. The summed E-state index contributed by atoms with van der Waals surface area (Å²) in [6.07, 6.45) is 15.0. The van der Waals surface area contributed by atoms with Crippen molar-refractivity contribution in [3.8, 4) is 19.5 Å². The molecular weight excluding hydrogens is 497 g/mol. The number of aryl methyl sites for hydroxylation is 1. The summed E-state index contributed by atoms with van der Waals surface area (Å²) in [6, 6.07) is 12.9.